The van der Waals surface area contributed by atoms with Gasteiger partial charge in [0.05, 0.1) is 23.4 Å². The maximum absolute atomic E-state index is 12.6. The van der Waals surface area contributed by atoms with Crippen molar-refractivity contribution in [1.82, 2.24) is 5.32 Å². The van der Waals surface area contributed by atoms with Gasteiger partial charge in [0.15, 0.2) is 0 Å². The summed E-state index contributed by atoms with van der Waals surface area (Å²) in [6.07, 6.45) is -2.58. The van der Waals surface area contributed by atoms with E-state index in [1.54, 1.807) is 13.1 Å². The van der Waals surface area contributed by atoms with Crippen LogP contribution in [0, 0.1) is 11.3 Å². The third-order valence-electron chi connectivity index (χ3n) is 3.18. The maximum Gasteiger partial charge on any atom is 0.416 e. The Hall–Kier alpha value is -2.23. The van der Waals surface area contributed by atoms with Gasteiger partial charge in [0.25, 0.3) is 0 Å². The quantitative estimate of drug-likeness (QED) is 0.927. The highest BCUT2D eigenvalue weighted by molar-refractivity contribution is 5.82. The number of nitriles is 1. The lowest BCUT2D eigenvalue weighted by atomic mass is 10.1. The summed E-state index contributed by atoms with van der Waals surface area (Å²) in [6, 6.07) is 4.88. The summed E-state index contributed by atoms with van der Waals surface area (Å²) in [6.45, 7) is -0.00343. The summed E-state index contributed by atoms with van der Waals surface area (Å²) in [7, 11) is 1.57. The van der Waals surface area contributed by atoms with E-state index in [0.717, 1.165) is 25.0 Å². The van der Waals surface area contributed by atoms with Crippen molar-refractivity contribution in [1.29, 1.82) is 5.26 Å². The number of likely N-dealkylation sites (N-methyl/N-ethyl adjacent to an activating group) is 1. The van der Waals surface area contributed by atoms with E-state index in [9.17, 15) is 18.0 Å². The van der Waals surface area contributed by atoms with Crippen molar-refractivity contribution >= 4 is 11.6 Å². The van der Waals surface area contributed by atoms with Crippen molar-refractivity contribution in [2.24, 2.45) is 0 Å². The van der Waals surface area contributed by atoms with Crippen LogP contribution in [-0.4, -0.2) is 25.5 Å². The molecule has 21 heavy (non-hydrogen) atoms. The molecule has 0 unspecified atom stereocenters. The van der Waals surface area contributed by atoms with Crippen LogP contribution in [0.15, 0.2) is 18.2 Å². The van der Waals surface area contributed by atoms with Crippen LogP contribution < -0.4 is 10.2 Å². The van der Waals surface area contributed by atoms with Crippen molar-refractivity contribution in [2.45, 2.75) is 25.1 Å². The molecule has 1 aliphatic carbocycles. The van der Waals surface area contributed by atoms with Crippen LogP contribution in [-0.2, 0) is 11.0 Å². The van der Waals surface area contributed by atoms with Crippen LogP contribution in [0.5, 0.6) is 0 Å². The van der Waals surface area contributed by atoms with Crippen LogP contribution >= 0.6 is 0 Å². The van der Waals surface area contributed by atoms with Crippen molar-refractivity contribution in [3.63, 3.8) is 0 Å². The topological polar surface area (TPSA) is 56.1 Å². The Morgan fingerprint density at radius 1 is 1.48 bits per heavy atom. The largest absolute Gasteiger partial charge is 0.416 e. The molecule has 1 amide bonds. The van der Waals surface area contributed by atoms with Gasteiger partial charge in [-0.15, -0.1) is 0 Å². The molecule has 0 spiro atoms. The second-order valence-electron chi connectivity index (χ2n) is 5.04. The lowest BCUT2D eigenvalue weighted by Crippen LogP contribution is -2.36. The van der Waals surface area contributed by atoms with Crippen LogP contribution in [0.2, 0.25) is 0 Å². The standard InChI is InChI=1S/C14H14F3N3O/c1-20(8-13(21)19-11-3-4-11)12-5-2-10(14(15,16)17)6-9(12)7-18/h2,5-6,11H,3-4,8H2,1H3,(H,19,21). The lowest BCUT2D eigenvalue weighted by molar-refractivity contribution is -0.137. The number of amides is 1. The van der Waals surface area contributed by atoms with Crippen molar-refractivity contribution in [3.8, 4) is 6.07 Å². The number of alkyl halides is 3. The molecule has 0 heterocycles. The first-order valence-corrected chi connectivity index (χ1v) is 6.43. The Labute approximate surface area is 120 Å². The minimum atomic E-state index is -4.49. The molecule has 1 aliphatic rings. The molecule has 1 aromatic carbocycles. The maximum atomic E-state index is 12.6. The van der Waals surface area contributed by atoms with Gasteiger partial charge >= 0.3 is 6.18 Å². The first-order valence-electron chi connectivity index (χ1n) is 6.43. The fourth-order valence-corrected chi connectivity index (χ4v) is 1.94. The smallest absolute Gasteiger partial charge is 0.364 e. The molecule has 1 N–H and O–H groups in total. The molecule has 4 nitrogen and oxygen atoms in total. The minimum absolute atomic E-state index is 0.00343. The van der Waals surface area contributed by atoms with Crippen molar-refractivity contribution in [2.75, 3.05) is 18.5 Å². The Morgan fingerprint density at radius 3 is 2.67 bits per heavy atom. The average Bonchev–Trinajstić information content (AvgIpc) is 3.20. The SMILES string of the molecule is CN(CC(=O)NC1CC1)c1ccc(C(F)(F)F)cc1C#N. The summed E-state index contributed by atoms with van der Waals surface area (Å²) in [4.78, 5) is 13.2. The van der Waals surface area contributed by atoms with Gasteiger partial charge in [0.1, 0.15) is 6.07 Å². The van der Waals surface area contributed by atoms with E-state index in [2.05, 4.69) is 5.32 Å². The monoisotopic (exact) mass is 297 g/mol. The number of hydrogen-bond donors (Lipinski definition) is 1. The predicted molar refractivity (Wildman–Crippen MR) is 70.6 cm³/mol. The molecule has 1 fully saturated rings. The molecule has 0 bridgehead atoms. The van der Waals surface area contributed by atoms with Crippen LogP contribution in [0.1, 0.15) is 24.0 Å². The zero-order valence-corrected chi connectivity index (χ0v) is 11.4. The molecule has 2 rings (SSSR count). The van der Waals surface area contributed by atoms with Crippen molar-refractivity contribution < 1.29 is 18.0 Å². The second kappa shape index (κ2) is 5.64. The number of benzene rings is 1. The van der Waals surface area contributed by atoms with E-state index in [4.69, 9.17) is 5.26 Å². The van der Waals surface area contributed by atoms with E-state index in [1.807, 2.05) is 0 Å². The second-order valence-corrected chi connectivity index (χ2v) is 5.04. The van der Waals surface area contributed by atoms with E-state index in [-0.39, 0.29) is 24.1 Å². The average molecular weight is 297 g/mol. The summed E-state index contributed by atoms with van der Waals surface area (Å²) in [5.41, 5.74) is -0.679. The van der Waals surface area contributed by atoms with Crippen molar-refractivity contribution in [3.05, 3.63) is 29.3 Å². The molecule has 112 valence electrons. The number of rotatable bonds is 4. The normalized spacial score (nSPS) is 14.4. The number of nitrogens with zero attached hydrogens (tertiary/aromatic N) is 2. The molecular weight excluding hydrogens is 283 g/mol. The van der Waals surface area contributed by atoms with Gasteiger partial charge in [0.2, 0.25) is 5.91 Å². The van der Waals surface area contributed by atoms with E-state index in [0.29, 0.717) is 5.69 Å². The molecule has 0 radical (unpaired) electrons. The highest BCUT2D eigenvalue weighted by atomic mass is 19.4. The van der Waals surface area contributed by atoms with Crippen LogP contribution in [0.25, 0.3) is 0 Å². The summed E-state index contributed by atoms with van der Waals surface area (Å²) >= 11 is 0. The first kappa shape index (κ1) is 15.2. The third-order valence-corrected chi connectivity index (χ3v) is 3.18. The highest BCUT2D eigenvalue weighted by Crippen LogP contribution is 2.32. The number of carbonyl (C=O) groups is 1. The van der Waals surface area contributed by atoms with E-state index >= 15 is 0 Å². The molecule has 0 atom stereocenters. The first-order chi connectivity index (χ1) is 9.81. The Bertz CT molecular complexity index is 588. The zero-order valence-electron chi connectivity index (χ0n) is 11.4. The van der Waals surface area contributed by atoms with Gasteiger partial charge < -0.3 is 10.2 Å². The molecule has 1 aromatic rings. The number of nitrogens with one attached hydrogen (secondary N) is 1. The summed E-state index contributed by atoms with van der Waals surface area (Å²) in [5, 5.41) is 11.8. The van der Waals surface area contributed by atoms with Gasteiger partial charge in [-0.25, -0.2) is 0 Å². The number of carbonyl (C=O) groups excluding carboxylic acids is 1. The molecular formula is C14H14F3N3O. The van der Waals surface area contributed by atoms with Gasteiger partial charge in [-0.3, -0.25) is 4.79 Å². The Kier molecular flexibility index (Phi) is 4.07. The number of hydrogen-bond acceptors (Lipinski definition) is 3. The van der Waals surface area contributed by atoms with Crippen LogP contribution in [0.3, 0.4) is 0 Å². The fourth-order valence-electron chi connectivity index (χ4n) is 1.94. The van der Waals surface area contributed by atoms with Gasteiger partial charge in [-0.1, -0.05) is 0 Å². The fraction of sp³-hybridized carbons (Fsp3) is 0.429. The Balaban J connectivity index is 2.14. The molecule has 7 heteroatoms. The van der Waals surface area contributed by atoms with Gasteiger partial charge in [-0.05, 0) is 31.0 Å². The van der Waals surface area contributed by atoms with Crippen LogP contribution in [0.4, 0.5) is 18.9 Å². The molecule has 0 aromatic heterocycles. The van der Waals surface area contributed by atoms with Gasteiger partial charge in [-0.2, -0.15) is 18.4 Å². The number of anilines is 1. The molecule has 0 saturated heterocycles. The molecule has 0 aliphatic heterocycles. The third kappa shape index (κ3) is 3.88. The van der Waals surface area contributed by atoms with Gasteiger partial charge in [0, 0.05) is 13.1 Å². The summed E-state index contributed by atoms with van der Waals surface area (Å²) < 4.78 is 37.8. The highest BCUT2D eigenvalue weighted by Gasteiger charge is 2.31. The Morgan fingerprint density at radius 2 is 2.14 bits per heavy atom. The van der Waals surface area contributed by atoms with E-state index in [1.165, 1.54) is 11.0 Å². The minimum Gasteiger partial charge on any atom is -0.364 e. The molecule has 1 saturated carbocycles. The summed E-state index contributed by atoms with van der Waals surface area (Å²) in [5.74, 6) is -0.205. The van der Waals surface area contributed by atoms with E-state index < -0.39 is 11.7 Å². The lowest BCUT2D eigenvalue weighted by Gasteiger charge is -2.20. The number of halogens is 3. The zero-order chi connectivity index (χ0) is 15.6. The predicted octanol–water partition coefficient (Wildman–Crippen LogP) is 2.29.